The molecule has 5 heteroatoms. The molecule has 0 unspecified atom stereocenters. The number of tetrazole rings is 1. The van der Waals surface area contributed by atoms with Crippen molar-refractivity contribution in [1.29, 1.82) is 0 Å². The Labute approximate surface area is 190 Å². The lowest BCUT2D eigenvalue weighted by atomic mass is 10.0. The second-order valence-electron chi connectivity index (χ2n) is 8.90. The van der Waals surface area contributed by atoms with Crippen molar-refractivity contribution in [3.8, 4) is 11.4 Å². The lowest BCUT2D eigenvalue weighted by molar-refractivity contribution is 0.528. The summed E-state index contributed by atoms with van der Waals surface area (Å²) in [6.07, 6.45) is 24.1. The van der Waals surface area contributed by atoms with Gasteiger partial charge in [-0.3, -0.25) is 0 Å². The maximum Gasteiger partial charge on any atom is 0.204 e. The van der Waals surface area contributed by atoms with Gasteiger partial charge in [-0.05, 0) is 35.9 Å². The van der Waals surface area contributed by atoms with Gasteiger partial charge >= 0.3 is 0 Å². The van der Waals surface area contributed by atoms with E-state index in [-0.39, 0.29) is 0 Å². The number of benzene rings is 1. The van der Waals surface area contributed by atoms with Gasteiger partial charge in [0.1, 0.15) is 0 Å². The summed E-state index contributed by atoms with van der Waals surface area (Å²) in [5.74, 6) is 0.639. The van der Waals surface area contributed by atoms with Crippen LogP contribution in [0.1, 0.15) is 116 Å². The number of rotatable bonds is 20. The third-order valence-corrected chi connectivity index (χ3v) is 6.10. The summed E-state index contributed by atoms with van der Waals surface area (Å²) >= 11 is 0. The van der Waals surface area contributed by atoms with Crippen molar-refractivity contribution in [3.05, 3.63) is 24.3 Å². The minimum absolute atomic E-state index is 0.639. The topological polar surface area (TPSA) is 66.5 Å². The SMILES string of the molecule is CCCCCCCCCCCCCCCCCCCNc1ccc(-c2nn[nH]n2)cc1. The molecule has 0 spiro atoms. The first-order valence-electron chi connectivity index (χ1n) is 13.0. The zero-order valence-electron chi connectivity index (χ0n) is 19.9. The standard InChI is InChI=1S/C26H45N5/c1-2-3-4-5-6-7-8-9-10-11-12-13-14-15-16-17-18-23-27-25-21-19-24(20-22-25)26-28-30-31-29-26/h19-22,27H,2-18,23H2,1H3,(H,28,29,30,31). The number of nitrogens with zero attached hydrogens (tertiary/aromatic N) is 3. The first-order chi connectivity index (χ1) is 15.4. The monoisotopic (exact) mass is 427 g/mol. The molecule has 0 fully saturated rings. The van der Waals surface area contributed by atoms with Crippen molar-refractivity contribution < 1.29 is 0 Å². The highest BCUT2D eigenvalue weighted by Gasteiger charge is 2.02. The highest BCUT2D eigenvalue weighted by molar-refractivity contribution is 5.58. The zero-order valence-corrected chi connectivity index (χ0v) is 19.9. The van der Waals surface area contributed by atoms with Crippen LogP contribution in [0.4, 0.5) is 5.69 Å². The molecule has 2 rings (SSSR count). The zero-order chi connectivity index (χ0) is 21.8. The third kappa shape index (κ3) is 12.5. The quantitative estimate of drug-likeness (QED) is 0.210. The number of H-pyrrole nitrogens is 1. The molecule has 0 aliphatic carbocycles. The lowest BCUT2D eigenvalue weighted by Gasteiger charge is -2.07. The van der Waals surface area contributed by atoms with Crippen molar-refractivity contribution in [3.63, 3.8) is 0 Å². The molecule has 0 aliphatic rings. The van der Waals surface area contributed by atoms with Gasteiger partial charge in [-0.2, -0.15) is 5.21 Å². The summed E-state index contributed by atoms with van der Waals surface area (Å²) in [6, 6.07) is 8.22. The van der Waals surface area contributed by atoms with Gasteiger partial charge in [-0.25, -0.2) is 0 Å². The Hall–Kier alpha value is -1.91. The normalized spacial score (nSPS) is 11.1. The third-order valence-electron chi connectivity index (χ3n) is 6.10. The molecule has 1 aromatic carbocycles. The van der Waals surface area contributed by atoms with E-state index in [0.717, 1.165) is 17.8 Å². The molecule has 0 radical (unpaired) electrons. The minimum Gasteiger partial charge on any atom is -0.385 e. The Morgan fingerprint density at radius 3 is 1.58 bits per heavy atom. The van der Waals surface area contributed by atoms with Crippen molar-refractivity contribution in [2.75, 3.05) is 11.9 Å². The van der Waals surface area contributed by atoms with Gasteiger partial charge in [0.15, 0.2) is 0 Å². The Morgan fingerprint density at radius 2 is 1.13 bits per heavy atom. The number of anilines is 1. The van der Waals surface area contributed by atoms with Crippen LogP contribution >= 0.6 is 0 Å². The van der Waals surface area contributed by atoms with E-state index in [1.54, 1.807) is 0 Å². The number of aromatic amines is 1. The largest absolute Gasteiger partial charge is 0.385 e. The predicted octanol–water partition coefficient (Wildman–Crippen LogP) is 7.93. The van der Waals surface area contributed by atoms with E-state index in [1.165, 1.54) is 109 Å². The van der Waals surface area contributed by atoms with Gasteiger partial charge in [0.25, 0.3) is 0 Å². The predicted molar refractivity (Wildman–Crippen MR) is 132 cm³/mol. The first-order valence-corrected chi connectivity index (χ1v) is 13.0. The molecule has 0 saturated carbocycles. The molecular formula is C26H45N5. The Morgan fingerprint density at radius 1 is 0.645 bits per heavy atom. The molecular weight excluding hydrogens is 382 g/mol. The molecule has 2 N–H and O–H groups in total. The van der Waals surface area contributed by atoms with Crippen molar-refractivity contribution in [2.45, 2.75) is 116 Å². The number of hydrogen-bond acceptors (Lipinski definition) is 4. The Bertz CT molecular complexity index is 624. The molecule has 0 saturated heterocycles. The molecule has 5 nitrogen and oxygen atoms in total. The van der Waals surface area contributed by atoms with E-state index in [0.29, 0.717) is 5.82 Å². The number of unbranched alkanes of at least 4 members (excludes halogenated alkanes) is 16. The van der Waals surface area contributed by atoms with Gasteiger partial charge < -0.3 is 5.32 Å². The van der Waals surface area contributed by atoms with Gasteiger partial charge in [-0.15, -0.1) is 10.2 Å². The summed E-state index contributed by atoms with van der Waals surface area (Å²) in [7, 11) is 0. The summed E-state index contributed by atoms with van der Waals surface area (Å²) in [5, 5.41) is 17.6. The summed E-state index contributed by atoms with van der Waals surface area (Å²) in [4.78, 5) is 0. The van der Waals surface area contributed by atoms with Crippen molar-refractivity contribution >= 4 is 5.69 Å². The molecule has 0 aliphatic heterocycles. The maximum absolute atomic E-state index is 4.00. The minimum atomic E-state index is 0.639. The van der Waals surface area contributed by atoms with Crippen LogP contribution in [0.15, 0.2) is 24.3 Å². The Kier molecular flexibility index (Phi) is 14.5. The van der Waals surface area contributed by atoms with Crippen LogP contribution in [0.5, 0.6) is 0 Å². The van der Waals surface area contributed by atoms with Gasteiger partial charge in [0.05, 0.1) is 0 Å². The van der Waals surface area contributed by atoms with Crippen LogP contribution in [-0.2, 0) is 0 Å². The fraction of sp³-hybridized carbons (Fsp3) is 0.731. The molecule has 0 amide bonds. The van der Waals surface area contributed by atoms with Crippen LogP contribution < -0.4 is 5.32 Å². The molecule has 2 aromatic rings. The molecule has 0 atom stereocenters. The number of aromatic nitrogens is 4. The molecule has 0 bridgehead atoms. The van der Waals surface area contributed by atoms with E-state index >= 15 is 0 Å². The summed E-state index contributed by atoms with van der Waals surface area (Å²) < 4.78 is 0. The molecule has 31 heavy (non-hydrogen) atoms. The van der Waals surface area contributed by atoms with Crippen LogP contribution in [0.2, 0.25) is 0 Å². The first kappa shape index (κ1) is 25.4. The maximum atomic E-state index is 4.00. The average Bonchev–Trinajstić information content (AvgIpc) is 3.34. The Balaban J connectivity index is 1.30. The van der Waals surface area contributed by atoms with E-state index in [2.05, 4.69) is 45.0 Å². The summed E-state index contributed by atoms with van der Waals surface area (Å²) in [5.41, 5.74) is 2.14. The second-order valence-corrected chi connectivity index (χ2v) is 8.90. The van der Waals surface area contributed by atoms with Gasteiger partial charge in [-0.1, -0.05) is 110 Å². The van der Waals surface area contributed by atoms with Crippen LogP contribution in [0, 0.1) is 0 Å². The van der Waals surface area contributed by atoms with E-state index < -0.39 is 0 Å². The number of nitrogens with one attached hydrogen (secondary N) is 2. The highest BCUT2D eigenvalue weighted by atomic mass is 15.5. The van der Waals surface area contributed by atoms with Crippen molar-refractivity contribution in [1.82, 2.24) is 20.6 Å². The molecule has 1 heterocycles. The van der Waals surface area contributed by atoms with Gasteiger partial charge in [0.2, 0.25) is 5.82 Å². The van der Waals surface area contributed by atoms with E-state index in [1.807, 2.05) is 12.1 Å². The smallest absolute Gasteiger partial charge is 0.204 e. The average molecular weight is 428 g/mol. The second kappa shape index (κ2) is 17.7. The van der Waals surface area contributed by atoms with E-state index in [4.69, 9.17) is 0 Å². The molecule has 174 valence electrons. The van der Waals surface area contributed by atoms with Crippen molar-refractivity contribution in [2.24, 2.45) is 0 Å². The molecule has 1 aromatic heterocycles. The van der Waals surface area contributed by atoms with Crippen LogP contribution in [0.25, 0.3) is 11.4 Å². The summed E-state index contributed by atoms with van der Waals surface area (Å²) in [6.45, 7) is 3.33. The highest BCUT2D eigenvalue weighted by Crippen LogP contribution is 2.17. The van der Waals surface area contributed by atoms with Crippen LogP contribution in [-0.4, -0.2) is 27.2 Å². The van der Waals surface area contributed by atoms with E-state index in [9.17, 15) is 0 Å². The van der Waals surface area contributed by atoms with Crippen LogP contribution in [0.3, 0.4) is 0 Å². The fourth-order valence-electron chi connectivity index (χ4n) is 4.10. The van der Waals surface area contributed by atoms with Gasteiger partial charge in [0, 0.05) is 17.8 Å². The lowest BCUT2D eigenvalue weighted by Crippen LogP contribution is -2.01. The number of hydrogen-bond donors (Lipinski definition) is 2. The fourth-order valence-corrected chi connectivity index (χ4v) is 4.10.